The van der Waals surface area contributed by atoms with E-state index in [1.165, 1.54) is 12.1 Å². The summed E-state index contributed by atoms with van der Waals surface area (Å²) in [5.41, 5.74) is 0.318. The zero-order valence-electron chi connectivity index (χ0n) is 11.1. The first-order chi connectivity index (χ1) is 9.58. The van der Waals surface area contributed by atoms with Gasteiger partial charge in [-0.2, -0.15) is 0 Å². The molecule has 0 unspecified atom stereocenters. The molecule has 1 aromatic carbocycles. The number of aldehydes is 1. The van der Waals surface area contributed by atoms with Gasteiger partial charge in [0.1, 0.15) is 11.5 Å². The minimum atomic E-state index is -0.334. The number of hydrogen-bond donors (Lipinski definition) is 2. The molecule has 0 aliphatic rings. The van der Waals surface area contributed by atoms with E-state index in [0.29, 0.717) is 11.8 Å². The zero-order valence-corrected chi connectivity index (χ0v) is 11.1. The summed E-state index contributed by atoms with van der Waals surface area (Å²) in [7, 11) is 0. The number of carbonyl (C=O) groups excluding carboxylic acids is 2. The van der Waals surface area contributed by atoms with Crippen LogP contribution in [0.25, 0.3) is 0 Å². The summed E-state index contributed by atoms with van der Waals surface area (Å²) < 4.78 is 0. The van der Waals surface area contributed by atoms with Crippen molar-refractivity contribution in [3.8, 4) is 11.5 Å². The van der Waals surface area contributed by atoms with Crippen molar-refractivity contribution in [2.24, 2.45) is 0 Å². The molecule has 20 heavy (non-hydrogen) atoms. The lowest BCUT2D eigenvalue weighted by Gasteiger charge is -2.05. The molecular formula is C16H16O4. The topological polar surface area (TPSA) is 74.6 Å². The number of carbonyl (C=O) groups is 2. The fraction of sp³-hybridized carbons (Fsp3) is 0.125. The smallest absolute Gasteiger partial charge is 0.160 e. The summed E-state index contributed by atoms with van der Waals surface area (Å²) in [4.78, 5) is 22.6. The van der Waals surface area contributed by atoms with Crippen LogP contribution >= 0.6 is 0 Å². The fourth-order valence-corrected chi connectivity index (χ4v) is 1.61. The van der Waals surface area contributed by atoms with Crippen molar-refractivity contribution in [3.05, 3.63) is 59.7 Å². The van der Waals surface area contributed by atoms with E-state index in [2.05, 4.69) is 0 Å². The maximum absolute atomic E-state index is 11.7. The van der Waals surface area contributed by atoms with Crippen LogP contribution in [0.15, 0.2) is 48.6 Å². The van der Waals surface area contributed by atoms with Crippen molar-refractivity contribution < 1.29 is 19.8 Å². The highest BCUT2D eigenvalue weighted by atomic mass is 16.3. The van der Waals surface area contributed by atoms with E-state index in [0.717, 1.165) is 6.07 Å². The van der Waals surface area contributed by atoms with Gasteiger partial charge in [0.2, 0.25) is 0 Å². The summed E-state index contributed by atoms with van der Waals surface area (Å²) in [6.45, 7) is 1.88. The van der Waals surface area contributed by atoms with Crippen molar-refractivity contribution in [2.45, 2.75) is 13.3 Å². The SMILES string of the molecule is C/C=C/C=C/C=C/C(=O)Cc1cc(O)cc(O)c1C=O. The van der Waals surface area contributed by atoms with E-state index in [4.69, 9.17) is 0 Å². The fourth-order valence-electron chi connectivity index (χ4n) is 1.61. The minimum absolute atomic E-state index is 0.0222. The largest absolute Gasteiger partial charge is 0.508 e. The third-order valence-corrected chi connectivity index (χ3v) is 2.52. The maximum atomic E-state index is 11.7. The second-order valence-electron chi connectivity index (χ2n) is 4.07. The molecule has 0 atom stereocenters. The molecule has 4 heteroatoms. The van der Waals surface area contributed by atoms with Crippen molar-refractivity contribution in [1.82, 2.24) is 0 Å². The van der Waals surface area contributed by atoms with Gasteiger partial charge < -0.3 is 10.2 Å². The zero-order chi connectivity index (χ0) is 15.0. The van der Waals surface area contributed by atoms with Gasteiger partial charge >= 0.3 is 0 Å². The Morgan fingerprint density at radius 3 is 2.50 bits per heavy atom. The van der Waals surface area contributed by atoms with Crippen molar-refractivity contribution >= 4 is 12.1 Å². The van der Waals surface area contributed by atoms with Gasteiger partial charge in [-0.25, -0.2) is 0 Å². The second kappa shape index (κ2) is 7.74. The maximum Gasteiger partial charge on any atom is 0.160 e. The third-order valence-electron chi connectivity index (χ3n) is 2.52. The van der Waals surface area contributed by atoms with E-state index in [1.807, 2.05) is 19.1 Å². The molecule has 0 amide bonds. The van der Waals surface area contributed by atoms with Crippen LogP contribution in [0.3, 0.4) is 0 Å². The van der Waals surface area contributed by atoms with Crippen LogP contribution in [0.1, 0.15) is 22.8 Å². The van der Waals surface area contributed by atoms with E-state index in [-0.39, 0.29) is 29.3 Å². The molecule has 0 bridgehead atoms. The molecule has 0 aliphatic carbocycles. The molecule has 4 nitrogen and oxygen atoms in total. The van der Waals surface area contributed by atoms with Gasteiger partial charge in [-0.15, -0.1) is 0 Å². The second-order valence-corrected chi connectivity index (χ2v) is 4.07. The quantitative estimate of drug-likeness (QED) is 0.474. The molecule has 0 radical (unpaired) electrons. The van der Waals surface area contributed by atoms with Crippen LogP contribution in [0.4, 0.5) is 0 Å². The van der Waals surface area contributed by atoms with Crippen LogP contribution in [-0.4, -0.2) is 22.3 Å². The number of benzene rings is 1. The molecule has 0 saturated carbocycles. The highest BCUT2D eigenvalue weighted by molar-refractivity contribution is 5.94. The van der Waals surface area contributed by atoms with Crippen molar-refractivity contribution in [3.63, 3.8) is 0 Å². The molecule has 0 saturated heterocycles. The number of ketones is 1. The van der Waals surface area contributed by atoms with Gasteiger partial charge in [-0.3, -0.25) is 9.59 Å². The van der Waals surface area contributed by atoms with Gasteiger partial charge in [0, 0.05) is 12.5 Å². The van der Waals surface area contributed by atoms with E-state index < -0.39 is 0 Å². The van der Waals surface area contributed by atoms with Crippen LogP contribution in [0.2, 0.25) is 0 Å². The number of phenols is 2. The Kier molecular flexibility index (Phi) is 5.97. The van der Waals surface area contributed by atoms with Gasteiger partial charge in [-0.05, 0) is 24.6 Å². The number of allylic oxidation sites excluding steroid dienone is 6. The van der Waals surface area contributed by atoms with Crippen molar-refractivity contribution in [2.75, 3.05) is 0 Å². The first-order valence-corrected chi connectivity index (χ1v) is 6.07. The Hall–Kier alpha value is -2.62. The average molecular weight is 272 g/mol. The Balaban J connectivity index is 2.83. The average Bonchev–Trinajstić information content (AvgIpc) is 2.38. The molecule has 2 N–H and O–H groups in total. The van der Waals surface area contributed by atoms with Crippen LogP contribution in [0, 0.1) is 0 Å². The molecule has 1 aromatic rings. The Morgan fingerprint density at radius 2 is 1.85 bits per heavy atom. The van der Waals surface area contributed by atoms with Crippen LogP contribution in [-0.2, 0) is 11.2 Å². The van der Waals surface area contributed by atoms with Crippen LogP contribution < -0.4 is 0 Å². The summed E-state index contributed by atoms with van der Waals surface area (Å²) >= 11 is 0. The van der Waals surface area contributed by atoms with Gasteiger partial charge in [0.15, 0.2) is 12.1 Å². The molecule has 104 valence electrons. The Labute approximate surface area is 117 Å². The minimum Gasteiger partial charge on any atom is -0.508 e. The normalized spacial score (nSPS) is 11.7. The highest BCUT2D eigenvalue weighted by Gasteiger charge is 2.11. The highest BCUT2D eigenvalue weighted by Crippen LogP contribution is 2.26. The van der Waals surface area contributed by atoms with Crippen LogP contribution in [0.5, 0.6) is 11.5 Å². The predicted molar refractivity (Wildman–Crippen MR) is 77.0 cm³/mol. The monoisotopic (exact) mass is 272 g/mol. The van der Waals surface area contributed by atoms with Crippen molar-refractivity contribution in [1.29, 1.82) is 0 Å². The standard InChI is InChI=1S/C16H16O4/c1-2-3-4-5-6-7-13(18)8-12-9-14(19)10-16(20)15(12)11-17/h2-7,9-11,19-20H,8H2,1H3/b3-2+,5-4+,7-6+. The van der Waals surface area contributed by atoms with Gasteiger partial charge in [-0.1, -0.05) is 30.4 Å². The lowest BCUT2D eigenvalue weighted by molar-refractivity contribution is -0.114. The molecule has 0 spiro atoms. The lowest BCUT2D eigenvalue weighted by atomic mass is 10.0. The summed E-state index contributed by atoms with van der Waals surface area (Å²) in [5.74, 6) is -0.754. The van der Waals surface area contributed by atoms with Gasteiger partial charge in [0.25, 0.3) is 0 Å². The van der Waals surface area contributed by atoms with E-state index in [9.17, 15) is 19.8 Å². The summed E-state index contributed by atoms with van der Waals surface area (Å²) in [6, 6.07) is 2.36. The molecular weight excluding hydrogens is 256 g/mol. The molecule has 1 rings (SSSR count). The predicted octanol–water partition coefficient (Wildman–Crippen LogP) is 2.71. The number of phenolic OH excluding ortho intramolecular Hbond substituents is 2. The summed E-state index contributed by atoms with van der Waals surface area (Å²) in [5, 5.41) is 18.9. The van der Waals surface area contributed by atoms with E-state index in [1.54, 1.807) is 18.2 Å². The van der Waals surface area contributed by atoms with Gasteiger partial charge in [0.05, 0.1) is 5.56 Å². The molecule has 0 heterocycles. The first kappa shape index (κ1) is 15.4. The Morgan fingerprint density at radius 1 is 1.15 bits per heavy atom. The first-order valence-electron chi connectivity index (χ1n) is 6.07. The number of hydrogen-bond acceptors (Lipinski definition) is 4. The lowest BCUT2D eigenvalue weighted by Crippen LogP contribution is -2.02. The third kappa shape index (κ3) is 4.57. The molecule has 0 aromatic heterocycles. The molecule has 0 aliphatic heterocycles. The Bertz CT molecular complexity index is 580. The number of aromatic hydroxyl groups is 2. The summed E-state index contributed by atoms with van der Waals surface area (Å²) in [6.07, 6.45) is 10.5. The molecule has 0 fully saturated rings. The van der Waals surface area contributed by atoms with E-state index >= 15 is 0 Å². The number of rotatable bonds is 6.